The summed E-state index contributed by atoms with van der Waals surface area (Å²) in [6, 6.07) is 11.2. The van der Waals surface area contributed by atoms with Crippen molar-refractivity contribution < 1.29 is 9.13 Å². The number of hydrogen-bond acceptors (Lipinski definition) is 2. The third kappa shape index (κ3) is 3.59. The largest absolute Gasteiger partial charge is 0.494 e. The molecule has 0 fully saturated rings. The van der Waals surface area contributed by atoms with E-state index in [9.17, 15) is 4.39 Å². The molecule has 0 saturated heterocycles. The highest BCUT2D eigenvalue weighted by atomic mass is 127. The number of ether oxygens (including phenoxy) is 1. The zero-order valence-corrected chi connectivity index (χ0v) is 13.0. The Labute approximate surface area is 126 Å². The van der Waals surface area contributed by atoms with E-state index in [4.69, 9.17) is 4.74 Å². The first kappa shape index (κ1) is 14.1. The summed E-state index contributed by atoms with van der Waals surface area (Å²) in [5.41, 5.74) is 3.13. The second kappa shape index (κ2) is 6.23. The molecule has 100 valence electrons. The highest BCUT2D eigenvalue weighted by molar-refractivity contribution is 14.1. The molecule has 0 unspecified atom stereocenters. The first-order chi connectivity index (χ1) is 9.10. The van der Waals surface area contributed by atoms with Gasteiger partial charge in [0, 0.05) is 15.8 Å². The maximum absolute atomic E-state index is 13.6. The van der Waals surface area contributed by atoms with Crippen molar-refractivity contribution in [1.29, 1.82) is 0 Å². The van der Waals surface area contributed by atoms with Crippen molar-refractivity contribution in [2.45, 2.75) is 13.5 Å². The molecule has 0 aliphatic carbocycles. The van der Waals surface area contributed by atoms with Gasteiger partial charge in [0.25, 0.3) is 0 Å². The van der Waals surface area contributed by atoms with Gasteiger partial charge in [0.1, 0.15) is 0 Å². The number of anilines is 1. The standard InChI is InChI=1S/C15H15FINO/c1-10-7-12(17)4-5-14(10)18-9-11-3-6-15(19-2)13(16)8-11/h3-8,18H,9H2,1-2H3. The third-order valence-electron chi connectivity index (χ3n) is 2.89. The molecule has 0 spiro atoms. The number of aryl methyl sites for hydroxylation is 1. The maximum Gasteiger partial charge on any atom is 0.165 e. The van der Waals surface area contributed by atoms with E-state index >= 15 is 0 Å². The van der Waals surface area contributed by atoms with Crippen LogP contribution in [0.4, 0.5) is 10.1 Å². The van der Waals surface area contributed by atoms with Gasteiger partial charge in [0.15, 0.2) is 11.6 Å². The average molecular weight is 371 g/mol. The summed E-state index contributed by atoms with van der Waals surface area (Å²) < 4.78 is 19.7. The number of hydrogen-bond donors (Lipinski definition) is 1. The van der Waals surface area contributed by atoms with Crippen molar-refractivity contribution in [3.63, 3.8) is 0 Å². The molecular weight excluding hydrogens is 356 g/mol. The van der Waals surface area contributed by atoms with E-state index in [1.807, 2.05) is 18.2 Å². The van der Waals surface area contributed by atoms with Crippen LogP contribution in [0, 0.1) is 16.3 Å². The summed E-state index contributed by atoms with van der Waals surface area (Å²) in [6.07, 6.45) is 0. The van der Waals surface area contributed by atoms with Gasteiger partial charge in [-0.2, -0.15) is 0 Å². The molecule has 0 aliphatic heterocycles. The molecule has 2 aromatic rings. The number of nitrogens with one attached hydrogen (secondary N) is 1. The smallest absolute Gasteiger partial charge is 0.165 e. The van der Waals surface area contributed by atoms with Crippen molar-refractivity contribution in [2.75, 3.05) is 12.4 Å². The molecule has 0 saturated carbocycles. The van der Waals surface area contributed by atoms with Crippen LogP contribution >= 0.6 is 22.6 Å². The van der Waals surface area contributed by atoms with Crippen LogP contribution in [-0.4, -0.2) is 7.11 Å². The fourth-order valence-corrected chi connectivity index (χ4v) is 2.49. The molecule has 0 bridgehead atoms. The molecule has 2 rings (SSSR count). The van der Waals surface area contributed by atoms with E-state index in [-0.39, 0.29) is 11.6 Å². The second-order valence-corrected chi connectivity index (χ2v) is 5.53. The lowest BCUT2D eigenvalue weighted by molar-refractivity contribution is 0.386. The summed E-state index contributed by atoms with van der Waals surface area (Å²) >= 11 is 2.28. The molecule has 2 aromatic carbocycles. The first-order valence-electron chi connectivity index (χ1n) is 5.92. The summed E-state index contributed by atoms with van der Waals surface area (Å²) in [7, 11) is 1.46. The van der Waals surface area contributed by atoms with E-state index in [0.29, 0.717) is 6.54 Å². The molecule has 0 radical (unpaired) electrons. The summed E-state index contributed by atoms with van der Waals surface area (Å²) in [5.74, 6) is -0.0599. The fraction of sp³-hybridized carbons (Fsp3) is 0.200. The predicted molar refractivity (Wildman–Crippen MR) is 84.2 cm³/mol. The molecule has 0 aromatic heterocycles. The van der Waals surface area contributed by atoms with Gasteiger partial charge in [-0.15, -0.1) is 0 Å². The lowest BCUT2D eigenvalue weighted by Gasteiger charge is -2.11. The van der Waals surface area contributed by atoms with Crippen molar-refractivity contribution in [3.05, 3.63) is 56.9 Å². The Morgan fingerprint density at radius 2 is 2.00 bits per heavy atom. The molecule has 0 heterocycles. The van der Waals surface area contributed by atoms with Crippen molar-refractivity contribution >= 4 is 28.3 Å². The van der Waals surface area contributed by atoms with Gasteiger partial charge >= 0.3 is 0 Å². The minimum atomic E-state index is -0.332. The van der Waals surface area contributed by atoms with Gasteiger partial charge in [-0.1, -0.05) is 6.07 Å². The number of methoxy groups -OCH3 is 1. The minimum Gasteiger partial charge on any atom is -0.494 e. The van der Waals surface area contributed by atoms with Crippen LogP contribution in [0.2, 0.25) is 0 Å². The SMILES string of the molecule is COc1ccc(CNc2ccc(I)cc2C)cc1F. The lowest BCUT2D eigenvalue weighted by atomic mass is 10.1. The zero-order chi connectivity index (χ0) is 13.8. The first-order valence-corrected chi connectivity index (χ1v) is 7.00. The minimum absolute atomic E-state index is 0.272. The lowest BCUT2D eigenvalue weighted by Crippen LogP contribution is -2.02. The molecule has 1 N–H and O–H groups in total. The highest BCUT2D eigenvalue weighted by Gasteiger charge is 2.04. The van der Waals surface area contributed by atoms with Gasteiger partial charge in [-0.05, 0) is 71.0 Å². The Hall–Kier alpha value is -1.30. The predicted octanol–water partition coefficient (Wildman–Crippen LogP) is 4.36. The van der Waals surface area contributed by atoms with Gasteiger partial charge in [-0.25, -0.2) is 4.39 Å². The van der Waals surface area contributed by atoms with Crippen molar-refractivity contribution in [3.8, 4) is 5.75 Å². The Kier molecular flexibility index (Phi) is 4.63. The Morgan fingerprint density at radius 3 is 2.63 bits per heavy atom. The molecular formula is C15H15FINO. The zero-order valence-electron chi connectivity index (χ0n) is 10.8. The normalized spacial score (nSPS) is 10.3. The molecule has 4 heteroatoms. The average Bonchev–Trinajstić information content (AvgIpc) is 2.38. The van der Waals surface area contributed by atoms with Gasteiger partial charge in [0.05, 0.1) is 7.11 Å². The van der Waals surface area contributed by atoms with Gasteiger partial charge < -0.3 is 10.1 Å². The van der Waals surface area contributed by atoms with Crippen LogP contribution in [0.25, 0.3) is 0 Å². The number of rotatable bonds is 4. The quantitative estimate of drug-likeness (QED) is 0.807. The number of benzene rings is 2. The second-order valence-electron chi connectivity index (χ2n) is 4.28. The van der Waals surface area contributed by atoms with Crippen LogP contribution < -0.4 is 10.1 Å². The van der Waals surface area contributed by atoms with E-state index in [0.717, 1.165) is 11.3 Å². The molecule has 19 heavy (non-hydrogen) atoms. The fourth-order valence-electron chi connectivity index (χ4n) is 1.84. The summed E-state index contributed by atoms with van der Waals surface area (Å²) in [4.78, 5) is 0. The van der Waals surface area contributed by atoms with E-state index in [1.54, 1.807) is 6.07 Å². The summed E-state index contributed by atoms with van der Waals surface area (Å²) in [5, 5.41) is 3.31. The van der Waals surface area contributed by atoms with Crippen LogP contribution in [0.1, 0.15) is 11.1 Å². The van der Waals surface area contributed by atoms with Crippen LogP contribution in [0.15, 0.2) is 36.4 Å². The van der Waals surface area contributed by atoms with Gasteiger partial charge in [0.2, 0.25) is 0 Å². The third-order valence-corrected chi connectivity index (χ3v) is 3.56. The Balaban J connectivity index is 2.08. The molecule has 0 amide bonds. The van der Waals surface area contributed by atoms with Crippen molar-refractivity contribution in [2.24, 2.45) is 0 Å². The Morgan fingerprint density at radius 1 is 1.21 bits per heavy atom. The maximum atomic E-state index is 13.6. The highest BCUT2D eigenvalue weighted by Crippen LogP contribution is 2.21. The van der Waals surface area contributed by atoms with Crippen molar-refractivity contribution in [1.82, 2.24) is 0 Å². The van der Waals surface area contributed by atoms with Crippen LogP contribution in [0.5, 0.6) is 5.75 Å². The number of halogens is 2. The monoisotopic (exact) mass is 371 g/mol. The topological polar surface area (TPSA) is 21.3 Å². The molecule has 2 nitrogen and oxygen atoms in total. The van der Waals surface area contributed by atoms with Crippen LogP contribution in [-0.2, 0) is 6.54 Å². The van der Waals surface area contributed by atoms with Crippen LogP contribution in [0.3, 0.4) is 0 Å². The Bertz CT molecular complexity index is 586. The molecule has 0 atom stereocenters. The van der Waals surface area contributed by atoms with E-state index < -0.39 is 0 Å². The van der Waals surface area contributed by atoms with Gasteiger partial charge in [-0.3, -0.25) is 0 Å². The van der Waals surface area contributed by atoms with E-state index in [2.05, 4.69) is 40.9 Å². The van der Waals surface area contributed by atoms with E-state index in [1.165, 1.54) is 22.3 Å². The molecule has 0 aliphatic rings. The summed E-state index contributed by atoms with van der Waals surface area (Å²) in [6.45, 7) is 2.64.